The van der Waals surface area contributed by atoms with E-state index in [9.17, 15) is 0 Å². The van der Waals surface area contributed by atoms with Gasteiger partial charge >= 0.3 is 0 Å². The van der Waals surface area contributed by atoms with Gasteiger partial charge in [-0.05, 0) is 31.0 Å². The molecule has 2 unspecified atom stereocenters. The first-order chi connectivity index (χ1) is 9.31. The van der Waals surface area contributed by atoms with Gasteiger partial charge in [0.25, 0.3) is 0 Å². The van der Waals surface area contributed by atoms with Crippen LogP contribution >= 0.6 is 0 Å². The summed E-state index contributed by atoms with van der Waals surface area (Å²) in [6, 6.07) is 8.29. The van der Waals surface area contributed by atoms with Gasteiger partial charge in [-0.2, -0.15) is 0 Å². The molecule has 0 aliphatic carbocycles. The summed E-state index contributed by atoms with van der Waals surface area (Å²) in [6.45, 7) is 4.72. The summed E-state index contributed by atoms with van der Waals surface area (Å²) >= 11 is 0. The van der Waals surface area contributed by atoms with Crippen LogP contribution < -0.4 is 4.90 Å². The normalized spacial score (nSPS) is 27.1. The molecule has 2 aromatic rings. The number of benzene rings is 1. The molecule has 2 fully saturated rings. The van der Waals surface area contributed by atoms with E-state index >= 15 is 0 Å². The molecule has 4 nitrogen and oxygen atoms in total. The summed E-state index contributed by atoms with van der Waals surface area (Å²) in [5.74, 6) is 2.72. The van der Waals surface area contributed by atoms with Crippen LogP contribution in [0, 0.1) is 11.8 Å². The van der Waals surface area contributed by atoms with Crippen molar-refractivity contribution >= 4 is 16.7 Å². The van der Waals surface area contributed by atoms with Crippen molar-refractivity contribution in [3.8, 4) is 0 Å². The molecule has 98 valence electrons. The standard InChI is InChI=1S/C15H18N4/c1-18-6-11-8-19(9-12(11)7-18)15-13-4-2-3-5-14(13)16-10-17-15/h2-5,10-12H,6-9H2,1H3. The summed E-state index contributed by atoms with van der Waals surface area (Å²) in [5, 5.41) is 1.18. The number of anilines is 1. The first kappa shape index (κ1) is 11.2. The molecule has 0 saturated carbocycles. The van der Waals surface area contributed by atoms with Crippen molar-refractivity contribution < 1.29 is 0 Å². The molecule has 1 aromatic heterocycles. The fourth-order valence-electron chi connectivity index (χ4n) is 3.64. The molecule has 19 heavy (non-hydrogen) atoms. The van der Waals surface area contributed by atoms with Crippen LogP contribution in [-0.4, -0.2) is 48.1 Å². The van der Waals surface area contributed by atoms with Crippen LogP contribution in [0.15, 0.2) is 30.6 Å². The molecule has 3 heterocycles. The SMILES string of the molecule is CN1CC2CN(c3ncnc4ccccc34)CC2C1. The summed E-state index contributed by atoms with van der Waals surface area (Å²) in [5.41, 5.74) is 1.04. The highest BCUT2D eigenvalue weighted by molar-refractivity contribution is 5.89. The quantitative estimate of drug-likeness (QED) is 0.774. The molecule has 0 N–H and O–H groups in total. The Morgan fingerprint density at radius 3 is 2.53 bits per heavy atom. The summed E-state index contributed by atoms with van der Waals surface area (Å²) < 4.78 is 0. The van der Waals surface area contributed by atoms with Crippen LogP contribution in [0.3, 0.4) is 0 Å². The molecule has 4 rings (SSSR count). The molecule has 2 aliphatic heterocycles. The van der Waals surface area contributed by atoms with Crippen LogP contribution in [-0.2, 0) is 0 Å². The smallest absolute Gasteiger partial charge is 0.139 e. The lowest BCUT2D eigenvalue weighted by Crippen LogP contribution is -2.27. The van der Waals surface area contributed by atoms with Crippen LogP contribution in [0.4, 0.5) is 5.82 Å². The van der Waals surface area contributed by atoms with E-state index in [0.29, 0.717) is 0 Å². The maximum Gasteiger partial charge on any atom is 0.139 e. The lowest BCUT2D eigenvalue weighted by atomic mass is 10.0. The van der Waals surface area contributed by atoms with E-state index in [0.717, 1.165) is 36.3 Å². The van der Waals surface area contributed by atoms with Gasteiger partial charge in [-0.15, -0.1) is 0 Å². The minimum absolute atomic E-state index is 0.804. The second-order valence-corrected chi connectivity index (χ2v) is 5.86. The molecule has 0 spiro atoms. The minimum Gasteiger partial charge on any atom is -0.355 e. The van der Waals surface area contributed by atoms with Gasteiger partial charge in [-0.25, -0.2) is 9.97 Å². The molecule has 0 amide bonds. The van der Waals surface area contributed by atoms with Gasteiger partial charge in [0.1, 0.15) is 12.1 Å². The Labute approximate surface area is 113 Å². The Morgan fingerprint density at radius 2 is 1.74 bits per heavy atom. The lowest BCUT2D eigenvalue weighted by molar-refractivity contribution is 0.387. The van der Waals surface area contributed by atoms with Gasteiger partial charge in [-0.1, -0.05) is 12.1 Å². The molecule has 2 atom stereocenters. The molecule has 4 heteroatoms. The highest BCUT2D eigenvalue weighted by atomic mass is 15.3. The Kier molecular flexibility index (Phi) is 2.45. The Bertz CT molecular complexity index is 593. The van der Waals surface area contributed by atoms with E-state index in [-0.39, 0.29) is 0 Å². The molecule has 0 bridgehead atoms. The number of para-hydroxylation sites is 1. The predicted molar refractivity (Wildman–Crippen MR) is 76.2 cm³/mol. The second kappa shape index (κ2) is 4.17. The van der Waals surface area contributed by atoms with Gasteiger partial charge in [0.15, 0.2) is 0 Å². The highest BCUT2D eigenvalue weighted by Gasteiger charge is 2.39. The first-order valence-corrected chi connectivity index (χ1v) is 6.94. The van der Waals surface area contributed by atoms with Gasteiger partial charge in [-0.3, -0.25) is 0 Å². The summed E-state index contributed by atoms with van der Waals surface area (Å²) in [6.07, 6.45) is 1.69. The zero-order valence-corrected chi connectivity index (χ0v) is 11.2. The monoisotopic (exact) mass is 254 g/mol. The Hall–Kier alpha value is -1.68. The molecule has 2 aliphatic rings. The van der Waals surface area contributed by atoms with Crippen molar-refractivity contribution in [3.63, 3.8) is 0 Å². The Balaban J connectivity index is 1.69. The highest BCUT2D eigenvalue weighted by Crippen LogP contribution is 2.34. The molecule has 1 aromatic carbocycles. The van der Waals surface area contributed by atoms with E-state index in [2.05, 4.69) is 45.0 Å². The van der Waals surface area contributed by atoms with Gasteiger partial charge in [0.05, 0.1) is 5.52 Å². The maximum atomic E-state index is 4.54. The fourth-order valence-corrected chi connectivity index (χ4v) is 3.64. The van der Waals surface area contributed by atoms with Gasteiger partial charge < -0.3 is 9.80 Å². The first-order valence-electron chi connectivity index (χ1n) is 6.94. The number of hydrogen-bond donors (Lipinski definition) is 0. The van der Waals surface area contributed by atoms with Crippen molar-refractivity contribution in [2.24, 2.45) is 11.8 Å². The number of nitrogens with zero attached hydrogens (tertiary/aromatic N) is 4. The average molecular weight is 254 g/mol. The van der Waals surface area contributed by atoms with Crippen LogP contribution in [0.25, 0.3) is 10.9 Å². The van der Waals surface area contributed by atoms with Crippen molar-refractivity contribution in [3.05, 3.63) is 30.6 Å². The number of fused-ring (bicyclic) bond motifs is 2. The van der Waals surface area contributed by atoms with Gasteiger partial charge in [0, 0.05) is 31.6 Å². The predicted octanol–water partition coefficient (Wildman–Crippen LogP) is 1.63. The van der Waals surface area contributed by atoms with E-state index in [4.69, 9.17) is 0 Å². The lowest BCUT2D eigenvalue weighted by Gasteiger charge is -2.21. The van der Waals surface area contributed by atoms with E-state index in [1.807, 2.05) is 6.07 Å². The molecular formula is C15H18N4. The third-order valence-corrected chi connectivity index (χ3v) is 4.49. The van der Waals surface area contributed by atoms with E-state index in [1.165, 1.54) is 18.5 Å². The average Bonchev–Trinajstić information content (AvgIpc) is 2.95. The molecule has 2 saturated heterocycles. The number of aromatic nitrogens is 2. The third-order valence-electron chi connectivity index (χ3n) is 4.49. The largest absolute Gasteiger partial charge is 0.355 e. The maximum absolute atomic E-state index is 4.54. The third kappa shape index (κ3) is 1.78. The minimum atomic E-state index is 0.804. The second-order valence-electron chi connectivity index (χ2n) is 5.86. The van der Waals surface area contributed by atoms with Crippen molar-refractivity contribution in [1.82, 2.24) is 14.9 Å². The summed E-state index contributed by atoms with van der Waals surface area (Å²) in [7, 11) is 2.22. The topological polar surface area (TPSA) is 32.3 Å². The van der Waals surface area contributed by atoms with E-state index < -0.39 is 0 Å². The summed E-state index contributed by atoms with van der Waals surface area (Å²) in [4.78, 5) is 13.8. The molecule has 0 radical (unpaired) electrons. The van der Waals surface area contributed by atoms with Crippen molar-refractivity contribution in [2.75, 3.05) is 38.1 Å². The number of rotatable bonds is 1. The van der Waals surface area contributed by atoms with E-state index in [1.54, 1.807) is 6.33 Å². The molecular weight excluding hydrogens is 236 g/mol. The van der Waals surface area contributed by atoms with Crippen molar-refractivity contribution in [1.29, 1.82) is 0 Å². The number of likely N-dealkylation sites (tertiary alicyclic amines) is 1. The fraction of sp³-hybridized carbons (Fsp3) is 0.467. The number of hydrogen-bond acceptors (Lipinski definition) is 4. The van der Waals surface area contributed by atoms with Crippen molar-refractivity contribution in [2.45, 2.75) is 0 Å². The zero-order chi connectivity index (χ0) is 12.8. The Morgan fingerprint density at radius 1 is 1.00 bits per heavy atom. The van der Waals surface area contributed by atoms with Crippen LogP contribution in [0.1, 0.15) is 0 Å². The van der Waals surface area contributed by atoms with Crippen LogP contribution in [0.2, 0.25) is 0 Å². The van der Waals surface area contributed by atoms with Gasteiger partial charge in [0.2, 0.25) is 0 Å². The van der Waals surface area contributed by atoms with Crippen LogP contribution in [0.5, 0.6) is 0 Å². The zero-order valence-electron chi connectivity index (χ0n) is 11.2.